The summed E-state index contributed by atoms with van der Waals surface area (Å²) < 4.78 is 0. The van der Waals surface area contributed by atoms with Gasteiger partial charge in [0.1, 0.15) is 0 Å². The summed E-state index contributed by atoms with van der Waals surface area (Å²) in [5.41, 5.74) is 5.62. The Morgan fingerprint density at radius 3 is 2.50 bits per heavy atom. The summed E-state index contributed by atoms with van der Waals surface area (Å²) in [6.45, 7) is 7.57. The molecule has 0 bridgehead atoms. The van der Waals surface area contributed by atoms with Crippen molar-refractivity contribution in [3.05, 3.63) is 70.8 Å². The van der Waals surface area contributed by atoms with Crippen LogP contribution in [0.2, 0.25) is 0 Å². The topological polar surface area (TPSA) is 12.0 Å². The normalized spacial score (nSPS) is 12.3. The summed E-state index contributed by atoms with van der Waals surface area (Å²) in [7, 11) is 0. The van der Waals surface area contributed by atoms with Crippen molar-refractivity contribution >= 4 is 0 Å². The maximum Gasteiger partial charge on any atom is 0.0360 e. The van der Waals surface area contributed by atoms with Gasteiger partial charge in [-0.2, -0.15) is 0 Å². The number of hydrogen-bond donors (Lipinski definition) is 1. The standard InChI is InChI=1S/C19H25N/c1-4-16-10-8-12-18(13-16)19(20-5-2)14-17-11-7-6-9-15(17)3/h6-13,19-20H,4-5,14H2,1-3H3. The third-order valence-corrected chi connectivity index (χ3v) is 3.90. The summed E-state index contributed by atoms with van der Waals surface area (Å²) in [4.78, 5) is 0. The van der Waals surface area contributed by atoms with Crippen molar-refractivity contribution in [2.45, 2.75) is 39.7 Å². The molecular formula is C19H25N. The largest absolute Gasteiger partial charge is 0.310 e. The van der Waals surface area contributed by atoms with Crippen LogP contribution in [0.3, 0.4) is 0 Å². The van der Waals surface area contributed by atoms with Crippen LogP contribution in [0.5, 0.6) is 0 Å². The van der Waals surface area contributed by atoms with E-state index >= 15 is 0 Å². The predicted octanol–water partition coefficient (Wildman–Crippen LogP) is 4.45. The molecule has 0 spiro atoms. The zero-order valence-corrected chi connectivity index (χ0v) is 12.8. The van der Waals surface area contributed by atoms with Gasteiger partial charge in [0.2, 0.25) is 0 Å². The molecule has 0 aliphatic carbocycles. The fourth-order valence-corrected chi connectivity index (χ4v) is 2.64. The molecule has 1 unspecified atom stereocenters. The molecule has 0 saturated heterocycles. The second-order valence-corrected chi connectivity index (χ2v) is 5.34. The first kappa shape index (κ1) is 14.8. The van der Waals surface area contributed by atoms with E-state index in [-0.39, 0.29) is 0 Å². The average Bonchev–Trinajstić information content (AvgIpc) is 2.49. The van der Waals surface area contributed by atoms with Gasteiger partial charge < -0.3 is 5.32 Å². The van der Waals surface area contributed by atoms with E-state index in [1.165, 1.54) is 22.3 Å². The van der Waals surface area contributed by atoms with E-state index in [0.717, 1.165) is 19.4 Å². The molecule has 1 heteroatoms. The lowest BCUT2D eigenvalue weighted by molar-refractivity contribution is 0.548. The van der Waals surface area contributed by atoms with Gasteiger partial charge in [-0.25, -0.2) is 0 Å². The van der Waals surface area contributed by atoms with Crippen LogP contribution < -0.4 is 5.32 Å². The molecule has 0 aliphatic rings. The second kappa shape index (κ2) is 7.25. The third-order valence-electron chi connectivity index (χ3n) is 3.90. The number of aryl methyl sites for hydroxylation is 2. The summed E-state index contributed by atoms with van der Waals surface area (Å²) >= 11 is 0. The molecule has 1 nitrogen and oxygen atoms in total. The lowest BCUT2D eigenvalue weighted by Crippen LogP contribution is -2.23. The summed E-state index contributed by atoms with van der Waals surface area (Å²) in [5, 5.41) is 3.63. The van der Waals surface area contributed by atoms with Crippen LogP contribution in [0.4, 0.5) is 0 Å². The van der Waals surface area contributed by atoms with Crippen molar-refractivity contribution in [1.29, 1.82) is 0 Å². The molecule has 2 aromatic rings. The van der Waals surface area contributed by atoms with Crippen LogP contribution in [0, 0.1) is 6.92 Å². The molecule has 0 saturated carbocycles. The Hall–Kier alpha value is -1.60. The third kappa shape index (κ3) is 3.71. The molecule has 0 aliphatic heterocycles. The van der Waals surface area contributed by atoms with E-state index in [9.17, 15) is 0 Å². The zero-order valence-electron chi connectivity index (χ0n) is 12.8. The van der Waals surface area contributed by atoms with Gasteiger partial charge in [-0.05, 0) is 48.6 Å². The first-order valence-corrected chi connectivity index (χ1v) is 7.61. The number of likely N-dealkylation sites (N-methyl/N-ethyl adjacent to an activating group) is 1. The SMILES string of the molecule is CCNC(Cc1ccccc1C)c1cccc(CC)c1. The van der Waals surface area contributed by atoms with Crippen LogP contribution in [-0.2, 0) is 12.8 Å². The highest BCUT2D eigenvalue weighted by Gasteiger charge is 2.12. The second-order valence-electron chi connectivity index (χ2n) is 5.34. The molecule has 0 radical (unpaired) electrons. The lowest BCUT2D eigenvalue weighted by Gasteiger charge is -2.20. The van der Waals surface area contributed by atoms with Gasteiger partial charge in [0.25, 0.3) is 0 Å². The van der Waals surface area contributed by atoms with Crippen LogP contribution in [0.15, 0.2) is 48.5 Å². The predicted molar refractivity (Wildman–Crippen MR) is 87.1 cm³/mol. The Bertz CT molecular complexity index is 545. The Balaban J connectivity index is 2.24. The Kier molecular flexibility index (Phi) is 5.37. The number of benzene rings is 2. The molecule has 0 heterocycles. The lowest BCUT2D eigenvalue weighted by atomic mass is 9.94. The van der Waals surface area contributed by atoms with Gasteiger partial charge in [0, 0.05) is 6.04 Å². The number of nitrogens with one attached hydrogen (secondary N) is 1. The van der Waals surface area contributed by atoms with Crippen molar-refractivity contribution in [1.82, 2.24) is 5.32 Å². The molecule has 2 aromatic carbocycles. The minimum atomic E-state index is 0.396. The van der Waals surface area contributed by atoms with E-state index < -0.39 is 0 Å². The Morgan fingerprint density at radius 1 is 1.00 bits per heavy atom. The summed E-state index contributed by atoms with van der Waals surface area (Å²) in [6, 6.07) is 18.0. The molecule has 0 aromatic heterocycles. The van der Waals surface area contributed by atoms with Gasteiger partial charge in [-0.15, -0.1) is 0 Å². The fraction of sp³-hybridized carbons (Fsp3) is 0.368. The smallest absolute Gasteiger partial charge is 0.0360 e. The highest BCUT2D eigenvalue weighted by atomic mass is 14.9. The molecule has 1 N–H and O–H groups in total. The van der Waals surface area contributed by atoms with E-state index in [1.807, 2.05) is 0 Å². The maximum absolute atomic E-state index is 3.63. The van der Waals surface area contributed by atoms with Crippen molar-refractivity contribution in [3.63, 3.8) is 0 Å². The zero-order chi connectivity index (χ0) is 14.4. The quantitative estimate of drug-likeness (QED) is 0.815. The fourth-order valence-electron chi connectivity index (χ4n) is 2.64. The van der Waals surface area contributed by atoms with E-state index in [4.69, 9.17) is 0 Å². The molecule has 0 amide bonds. The monoisotopic (exact) mass is 267 g/mol. The first-order valence-electron chi connectivity index (χ1n) is 7.61. The molecule has 2 rings (SSSR count). The molecule has 0 fully saturated rings. The Labute approximate surface area is 123 Å². The first-order chi connectivity index (χ1) is 9.74. The molecule has 106 valence electrons. The minimum absolute atomic E-state index is 0.396. The van der Waals surface area contributed by atoms with E-state index in [1.54, 1.807) is 0 Å². The Morgan fingerprint density at radius 2 is 1.80 bits per heavy atom. The highest BCUT2D eigenvalue weighted by molar-refractivity contribution is 5.31. The van der Waals surface area contributed by atoms with Crippen LogP contribution in [0.25, 0.3) is 0 Å². The van der Waals surface area contributed by atoms with Crippen LogP contribution in [0.1, 0.15) is 42.1 Å². The molecular weight excluding hydrogens is 242 g/mol. The summed E-state index contributed by atoms with van der Waals surface area (Å²) in [6.07, 6.45) is 2.14. The number of rotatable bonds is 6. The van der Waals surface area contributed by atoms with Gasteiger partial charge in [-0.1, -0.05) is 62.4 Å². The van der Waals surface area contributed by atoms with Crippen LogP contribution in [-0.4, -0.2) is 6.54 Å². The summed E-state index contributed by atoms with van der Waals surface area (Å²) in [5.74, 6) is 0. The van der Waals surface area contributed by atoms with Crippen molar-refractivity contribution in [2.24, 2.45) is 0 Å². The minimum Gasteiger partial charge on any atom is -0.310 e. The van der Waals surface area contributed by atoms with Gasteiger partial charge in [-0.3, -0.25) is 0 Å². The molecule has 20 heavy (non-hydrogen) atoms. The van der Waals surface area contributed by atoms with Gasteiger partial charge in [0.15, 0.2) is 0 Å². The van der Waals surface area contributed by atoms with Crippen molar-refractivity contribution in [3.8, 4) is 0 Å². The van der Waals surface area contributed by atoms with Crippen LogP contribution >= 0.6 is 0 Å². The van der Waals surface area contributed by atoms with E-state index in [2.05, 4.69) is 74.6 Å². The van der Waals surface area contributed by atoms with Crippen molar-refractivity contribution in [2.75, 3.05) is 6.54 Å². The van der Waals surface area contributed by atoms with Crippen molar-refractivity contribution < 1.29 is 0 Å². The number of hydrogen-bond acceptors (Lipinski definition) is 1. The molecule has 1 atom stereocenters. The van der Waals surface area contributed by atoms with Gasteiger partial charge >= 0.3 is 0 Å². The van der Waals surface area contributed by atoms with E-state index in [0.29, 0.717) is 6.04 Å². The van der Waals surface area contributed by atoms with Gasteiger partial charge in [0.05, 0.1) is 0 Å². The average molecular weight is 267 g/mol. The maximum atomic E-state index is 3.63. The highest BCUT2D eigenvalue weighted by Crippen LogP contribution is 2.21.